The van der Waals surface area contributed by atoms with Gasteiger partial charge >= 0.3 is 0 Å². The fraction of sp³-hybridized carbons (Fsp3) is 0.692. The summed E-state index contributed by atoms with van der Waals surface area (Å²) < 4.78 is 2.00. The maximum Gasteiger partial charge on any atom is 0.0870 e. The molecule has 2 heterocycles. The van der Waals surface area contributed by atoms with Gasteiger partial charge in [0.05, 0.1) is 21.4 Å². The molecule has 1 fully saturated rings. The zero-order valence-electron chi connectivity index (χ0n) is 12.1. The maximum absolute atomic E-state index is 6.36. The van der Waals surface area contributed by atoms with E-state index in [1.807, 2.05) is 11.6 Å². The fourth-order valence-electron chi connectivity index (χ4n) is 2.56. The lowest BCUT2D eigenvalue weighted by atomic mass is 10.2. The second-order valence-corrected chi connectivity index (χ2v) is 6.08. The minimum Gasteiger partial charge on any atom is -0.392 e. The second kappa shape index (κ2) is 6.85. The van der Waals surface area contributed by atoms with Gasteiger partial charge in [-0.1, -0.05) is 23.8 Å². The molecule has 1 aromatic heterocycles. The normalized spacial score (nSPS) is 17.6. The standard InChI is InChI=1S/C13H22ClN5S/c1-3-19-11(13(14)10(2)16-19)8-17-4-6-18(7-5-17)9-12(15)20/h3-9H2,1-2H3,(H2,15,20). The summed E-state index contributed by atoms with van der Waals surface area (Å²) in [5.41, 5.74) is 7.62. The largest absolute Gasteiger partial charge is 0.392 e. The van der Waals surface area contributed by atoms with E-state index in [0.717, 1.165) is 62.2 Å². The predicted molar refractivity (Wildman–Crippen MR) is 86.2 cm³/mol. The van der Waals surface area contributed by atoms with Crippen molar-refractivity contribution in [2.45, 2.75) is 26.9 Å². The lowest BCUT2D eigenvalue weighted by Gasteiger charge is -2.34. The average molecular weight is 316 g/mol. The number of nitrogens with two attached hydrogens (primary N) is 1. The highest BCUT2D eigenvalue weighted by atomic mass is 35.5. The number of thiocarbonyl (C=S) groups is 1. The molecule has 7 heteroatoms. The van der Waals surface area contributed by atoms with Crippen LogP contribution in [0.25, 0.3) is 0 Å². The monoisotopic (exact) mass is 315 g/mol. The summed E-state index contributed by atoms with van der Waals surface area (Å²) in [4.78, 5) is 5.27. The van der Waals surface area contributed by atoms with Crippen molar-refractivity contribution in [2.24, 2.45) is 5.73 Å². The van der Waals surface area contributed by atoms with Crippen LogP contribution in [0, 0.1) is 6.92 Å². The van der Waals surface area contributed by atoms with Gasteiger partial charge in [0, 0.05) is 45.8 Å². The first-order chi connectivity index (χ1) is 9.51. The van der Waals surface area contributed by atoms with E-state index >= 15 is 0 Å². The van der Waals surface area contributed by atoms with Crippen molar-refractivity contribution in [2.75, 3.05) is 32.7 Å². The molecule has 0 atom stereocenters. The topological polar surface area (TPSA) is 50.3 Å². The van der Waals surface area contributed by atoms with Crippen LogP contribution in [-0.4, -0.2) is 57.3 Å². The first-order valence-electron chi connectivity index (χ1n) is 6.96. The first-order valence-corrected chi connectivity index (χ1v) is 7.74. The Hall–Kier alpha value is -0.690. The Labute approximate surface area is 130 Å². The average Bonchev–Trinajstić information content (AvgIpc) is 2.68. The molecule has 2 N–H and O–H groups in total. The molecule has 1 aromatic rings. The number of hydrogen-bond donors (Lipinski definition) is 1. The molecular formula is C13H22ClN5S. The molecule has 0 unspecified atom stereocenters. The number of aryl methyl sites for hydroxylation is 2. The third-order valence-electron chi connectivity index (χ3n) is 3.67. The quantitative estimate of drug-likeness (QED) is 0.829. The molecule has 1 saturated heterocycles. The highest BCUT2D eigenvalue weighted by Gasteiger charge is 2.20. The van der Waals surface area contributed by atoms with Crippen LogP contribution in [0.3, 0.4) is 0 Å². The van der Waals surface area contributed by atoms with Gasteiger partial charge in [-0.25, -0.2) is 0 Å². The van der Waals surface area contributed by atoms with Crippen molar-refractivity contribution in [3.8, 4) is 0 Å². The molecular weight excluding hydrogens is 294 g/mol. The summed E-state index contributed by atoms with van der Waals surface area (Å²) >= 11 is 11.3. The molecule has 5 nitrogen and oxygen atoms in total. The van der Waals surface area contributed by atoms with Gasteiger partial charge in [0.25, 0.3) is 0 Å². The van der Waals surface area contributed by atoms with Crippen LogP contribution in [0.2, 0.25) is 5.02 Å². The molecule has 0 aliphatic carbocycles. The Morgan fingerprint density at radius 3 is 2.45 bits per heavy atom. The van der Waals surface area contributed by atoms with Crippen LogP contribution in [0.5, 0.6) is 0 Å². The summed E-state index contributed by atoms with van der Waals surface area (Å²) in [7, 11) is 0. The maximum atomic E-state index is 6.36. The molecule has 0 spiro atoms. The summed E-state index contributed by atoms with van der Waals surface area (Å²) in [5.74, 6) is 0. The number of aromatic nitrogens is 2. The number of hydrogen-bond acceptors (Lipinski definition) is 4. The van der Waals surface area contributed by atoms with Gasteiger partial charge in [0.1, 0.15) is 0 Å². The first kappa shape index (κ1) is 15.7. The Kier molecular flexibility index (Phi) is 5.37. The van der Waals surface area contributed by atoms with E-state index in [-0.39, 0.29) is 0 Å². The van der Waals surface area contributed by atoms with Crippen LogP contribution >= 0.6 is 23.8 Å². The molecule has 1 aliphatic rings. The van der Waals surface area contributed by atoms with Crippen LogP contribution in [0.15, 0.2) is 0 Å². The van der Waals surface area contributed by atoms with E-state index in [0.29, 0.717) is 4.99 Å². The smallest absolute Gasteiger partial charge is 0.0870 e. The molecule has 20 heavy (non-hydrogen) atoms. The van der Waals surface area contributed by atoms with Gasteiger partial charge in [-0.15, -0.1) is 0 Å². The van der Waals surface area contributed by atoms with Crippen LogP contribution in [0.4, 0.5) is 0 Å². The molecule has 112 valence electrons. The van der Waals surface area contributed by atoms with E-state index in [1.54, 1.807) is 0 Å². The Bertz CT molecular complexity index is 479. The van der Waals surface area contributed by atoms with Crippen molar-refractivity contribution in [3.05, 3.63) is 16.4 Å². The van der Waals surface area contributed by atoms with Crippen molar-refractivity contribution in [1.29, 1.82) is 0 Å². The number of rotatable bonds is 5. The van der Waals surface area contributed by atoms with Gasteiger partial charge in [-0.05, 0) is 13.8 Å². The molecule has 0 amide bonds. The SMILES string of the molecule is CCn1nc(C)c(Cl)c1CN1CCN(CC(N)=S)CC1. The Morgan fingerprint density at radius 2 is 1.90 bits per heavy atom. The predicted octanol–water partition coefficient (Wildman–Crippen LogP) is 1.27. The molecule has 1 aliphatic heterocycles. The lowest BCUT2D eigenvalue weighted by Crippen LogP contribution is -2.48. The highest BCUT2D eigenvalue weighted by molar-refractivity contribution is 7.80. The number of piperazine rings is 1. The lowest BCUT2D eigenvalue weighted by molar-refractivity contribution is 0.137. The Morgan fingerprint density at radius 1 is 1.30 bits per heavy atom. The summed E-state index contributed by atoms with van der Waals surface area (Å²) in [5, 5.41) is 5.27. The number of nitrogens with zero attached hydrogens (tertiary/aromatic N) is 4. The van der Waals surface area contributed by atoms with E-state index in [1.165, 1.54) is 0 Å². The van der Waals surface area contributed by atoms with Gasteiger partial charge in [0.2, 0.25) is 0 Å². The van der Waals surface area contributed by atoms with Crippen LogP contribution < -0.4 is 5.73 Å². The van der Waals surface area contributed by atoms with Crippen LogP contribution in [0.1, 0.15) is 18.3 Å². The summed E-state index contributed by atoms with van der Waals surface area (Å²) in [6.45, 7) is 10.5. The molecule has 2 rings (SSSR count). The van der Waals surface area contributed by atoms with E-state index in [2.05, 4.69) is 21.8 Å². The van der Waals surface area contributed by atoms with Gasteiger partial charge in [-0.3, -0.25) is 14.5 Å². The van der Waals surface area contributed by atoms with E-state index in [9.17, 15) is 0 Å². The Balaban J connectivity index is 1.94. The fourth-order valence-corrected chi connectivity index (χ4v) is 2.94. The number of halogens is 1. The van der Waals surface area contributed by atoms with E-state index < -0.39 is 0 Å². The minimum atomic E-state index is 0.571. The van der Waals surface area contributed by atoms with Gasteiger partial charge in [0.15, 0.2) is 0 Å². The van der Waals surface area contributed by atoms with Gasteiger partial charge < -0.3 is 5.73 Å². The second-order valence-electron chi connectivity index (χ2n) is 5.18. The third kappa shape index (κ3) is 3.69. The van der Waals surface area contributed by atoms with Gasteiger partial charge in [-0.2, -0.15) is 5.10 Å². The van der Waals surface area contributed by atoms with Crippen molar-refractivity contribution >= 4 is 28.8 Å². The summed E-state index contributed by atoms with van der Waals surface area (Å²) in [6, 6.07) is 0. The zero-order valence-corrected chi connectivity index (χ0v) is 13.7. The highest BCUT2D eigenvalue weighted by Crippen LogP contribution is 2.22. The van der Waals surface area contributed by atoms with Crippen LogP contribution in [-0.2, 0) is 13.1 Å². The minimum absolute atomic E-state index is 0.571. The van der Waals surface area contributed by atoms with Crippen molar-refractivity contribution < 1.29 is 0 Å². The van der Waals surface area contributed by atoms with Crippen molar-refractivity contribution in [3.63, 3.8) is 0 Å². The third-order valence-corrected chi connectivity index (χ3v) is 4.29. The molecule has 0 radical (unpaired) electrons. The molecule has 0 aromatic carbocycles. The summed E-state index contributed by atoms with van der Waals surface area (Å²) in [6.07, 6.45) is 0. The van der Waals surface area contributed by atoms with E-state index in [4.69, 9.17) is 29.6 Å². The zero-order chi connectivity index (χ0) is 14.7. The molecule has 0 bridgehead atoms. The molecule has 0 saturated carbocycles. The van der Waals surface area contributed by atoms with Crippen molar-refractivity contribution in [1.82, 2.24) is 19.6 Å².